The van der Waals surface area contributed by atoms with E-state index in [0.29, 0.717) is 11.3 Å². The molecule has 2 heterocycles. The van der Waals surface area contributed by atoms with Crippen molar-refractivity contribution < 1.29 is 71.3 Å². The zero-order chi connectivity index (χ0) is 47.2. The second kappa shape index (κ2) is 22.7. The van der Waals surface area contributed by atoms with Crippen LogP contribution in [0.5, 0.6) is 5.75 Å². The van der Waals surface area contributed by atoms with E-state index in [0.717, 1.165) is 0 Å². The zero-order valence-electron chi connectivity index (χ0n) is 36.6. The van der Waals surface area contributed by atoms with Crippen LogP contribution >= 0.6 is 0 Å². The first kappa shape index (κ1) is 46.8. The lowest BCUT2D eigenvalue weighted by atomic mass is 10.0. The van der Waals surface area contributed by atoms with E-state index < -0.39 is 85.7 Å². The van der Waals surface area contributed by atoms with Gasteiger partial charge >= 0.3 is 29.8 Å². The molecule has 15 nitrogen and oxygen atoms in total. The molecule has 8 atom stereocenters. The summed E-state index contributed by atoms with van der Waals surface area (Å²) in [4.78, 5) is 69.4. The molecular weight excluding hydrogens is 877 g/mol. The molecule has 68 heavy (non-hydrogen) atoms. The van der Waals surface area contributed by atoms with Gasteiger partial charge in [-0.25, -0.2) is 24.0 Å². The van der Waals surface area contributed by atoms with E-state index >= 15 is 0 Å². The Kier molecular flexibility index (Phi) is 15.6. The molecule has 348 valence electrons. The molecule has 8 rings (SSSR count). The number of hydrogen-bond acceptors (Lipinski definition) is 15. The van der Waals surface area contributed by atoms with Gasteiger partial charge < -0.3 is 47.4 Å². The summed E-state index contributed by atoms with van der Waals surface area (Å²) in [5.41, 5.74) is 1.52. The highest BCUT2D eigenvalue weighted by molar-refractivity contribution is 5.92. The molecule has 0 bridgehead atoms. The second-order valence-electron chi connectivity index (χ2n) is 15.5. The van der Waals surface area contributed by atoms with Crippen LogP contribution in [-0.2, 0) is 49.2 Å². The molecule has 2 fully saturated rings. The Bertz CT molecular complexity index is 2600. The Labute approximate surface area is 391 Å². The van der Waals surface area contributed by atoms with Crippen LogP contribution in [-0.4, -0.2) is 99.4 Å². The quantitative estimate of drug-likeness (QED) is 0.0691. The molecule has 2 aliphatic rings. The lowest BCUT2D eigenvalue weighted by molar-refractivity contribution is -0.342. The minimum absolute atomic E-state index is 0.0604. The fourth-order valence-electron chi connectivity index (χ4n) is 7.42. The molecule has 0 radical (unpaired) electrons. The third kappa shape index (κ3) is 11.8. The van der Waals surface area contributed by atoms with Crippen LogP contribution < -0.4 is 4.74 Å². The summed E-state index contributed by atoms with van der Waals surface area (Å²) >= 11 is 0. The molecule has 6 aromatic rings. The lowest BCUT2D eigenvalue weighted by Crippen LogP contribution is -2.63. The fourth-order valence-corrected chi connectivity index (χ4v) is 7.42. The van der Waals surface area contributed by atoms with Gasteiger partial charge in [0.05, 0.1) is 54.7 Å². The van der Waals surface area contributed by atoms with Crippen molar-refractivity contribution in [3.63, 3.8) is 0 Å². The molecule has 0 amide bonds. The first-order valence-electron chi connectivity index (χ1n) is 21.7. The minimum atomic E-state index is -1.70. The molecule has 0 aromatic heterocycles. The highest BCUT2D eigenvalue weighted by atomic mass is 16.8. The first-order valence-corrected chi connectivity index (χ1v) is 21.7. The highest BCUT2D eigenvalue weighted by Crippen LogP contribution is 2.33. The number of benzene rings is 6. The number of methoxy groups -OCH3 is 1. The van der Waals surface area contributed by atoms with Crippen molar-refractivity contribution in [1.82, 2.24) is 0 Å². The summed E-state index contributed by atoms with van der Waals surface area (Å²) in [6.07, 6.45) is -12.1. The normalized spacial score (nSPS) is 22.1. The van der Waals surface area contributed by atoms with E-state index in [2.05, 4.69) is 0 Å². The van der Waals surface area contributed by atoms with E-state index in [9.17, 15) is 24.0 Å². The molecule has 0 aliphatic carbocycles. The van der Waals surface area contributed by atoms with Crippen molar-refractivity contribution in [2.45, 2.75) is 55.8 Å². The van der Waals surface area contributed by atoms with Crippen molar-refractivity contribution in [3.05, 3.63) is 209 Å². The Morgan fingerprint density at radius 2 is 0.750 bits per heavy atom. The Hall–Kier alpha value is -7.69. The molecule has 6 aromatic carbocycles. The third-order valence-electron chi connectivity index (χ3n) is 10.9. The van der Waals surface area contributed by atoms with Gasteiger partial charge in [0.1, 0.15) is 5.75 Å². The van der Waals surface area contributed by atoms with Gasteiger partial charge in [-0.1, -0.05) is 103 Å². The molecule has 0 saturated carbocycles. The third-order valence-corrected chi connectivity index (χ3v) is 10.9. The lowest BCUT2D eigenvalue weighted by Gasteiger charge is -2.45. The van der Waals surface area contributed by atoms with Gasteiger partial charge in [0.25, 0.3) is 0 Å². The van der Waals surface area contributed by atoms with Gasteiger partial charge in [0.15, 0.2) is 49.2 Å². The predicted octanol–water partition coefficient (Wildman–Crippen LogP) is 7.44. The zero-order valence-corrected chi connectivity index (χ0v) is 36.6. The monoisotopic (exact) mass is 922 g/mol. The molecule has 0 N–H and O–H groups in total. The van der Waals surface area contributed by atoms with Gasteiger partial charge in [-0.2, -0.15) is 0 Å². The number of carbonyl (C=O) groups excluding carboxylic acids is 5. The summed E-state index contributed by atoms with van der Waals surface area (Å²) in [7, 11) is 1.54. The van der Waals surface area contributed by atoms with Crippen molar-refractivity contribution in [1.29, 1.82) is 0 Å². The largest absolute Gasteiger partial charge is 0.497 e. The molecule has 2 saturated heterocycles. The van der Waals surface area contributed by atoms with E-state index in [4.69, 9.17) is 47.4 Å². The van der Waals surface area contributed by atoms with Crippen LogP contribution in [0, 0.1) is 0 Å². The predicted molar refractivity (Wildman–Crippen MR) is 240 cm³/mol. The first-order chi connectivity index (χ1) is 33.2. The highest BCUT2D eigenvalue weighted by Gasteiger charge is 2.54. The summed E-state index contributed by atoms with van der Waals surface area (Å²) in [5.74, 6) is -3.45. The topological polar surface area (TPSA) is 178 Å². The van der Waals surface area contributed by atoms with Gasteiger partial charge in [0.2, 0.25) is 0 Å². The van der Waals surface area contributed by atoms with E-state index in [-0.39, 0.29) is 41.0 Å². The van der Waals surface area contributed by atoms with Crippen LogP contribution in [0.2, 0.25) is 0 Å². The average molecular weight is 923 g/mol. The van der Waals surface area contributed by atoms with Crippen molar-refractivity contribution in [2.24, 2.45) is 0 Å². The van der Waals surface area contributed by atoms with Gasteiger partial charge in [-0.05, 0) is 78.4 Å². The molecular formula is C53H46O15. The molecule has 15 heteroatoms. The van der Waals surface area contributed by atoms with Gasteiger partial charge in [-0.15, -0.1) is 0 Å². The maximum Gasteiger partial charge on any atom is 0.338 e. The van der Waals surface area contributed by atoms with Crippen LogP contribution in [0.4, 0.5) is 0 Å². The number of rotatable bonds is 16. The number of esters is 5. The smallest absolute Gasteiger partial charge is 0.338 e. The van der Waals surface area contributed by atoms with Gasteiger partial charge in [0, 0.05) is 0 Å². The average Bonchev–Trinajstić information content (AvgIpc) is 3.39. The summed E-state index contributed by atoms with van der Waals surface area (Å²) in [6, 6.07) is 47.6. The SMILES string of the molecule is COc1ccc(CO[C@@H]2OC[C@H](OC(=O)c3ccccc3)[C@H](OC(=O)c3ccccc3)[C@H]2O[C@@H]2OC[C@@H](OC(=O)c3ccccc3)[C@H](OC(=O)c3ccccc3)[C@H]2OC(=O)c2ccccc2)cc1. The minimum Gasteiger partial charge on any atom is -0.497 e. The van der Waals surface area contributed by atoms with Gasteiger partial charge in [-0.3, -0.25) is 0 Å². The standard InChI is InChI=1S/C53H46O15/c1-59-40-29-27-34(28-30-40)31-60-52-45(43(65-49(56)37-21-11-4-12-22-37)41(32-61-52)63-47(54)35-17-7-2-8-18-35)68-53-46(67-51(58)39-25-15-6-16-26-39)44(66-50(57)38-23-13-5-14-24-38)42(33-62-53)64-48(55)36-19-9-3-10-20-36/h2-30,41-46,52-53H,31-33H2,1H3/t41-,42+,43-,44-,45+,46+,52+,53-/m0/s1. The van der Waals surface area contributed by atoms with E-state index in [1.54, 1.807) is 159 Å². The van der Waals surface area contributed by atoms with Crippen LogP contribution in [0.15, 0.2) is 176 Å². The van der Waals surface area contributed by atoms with E-state index in [1.165, 1.54) is 24.3 Å². The number of carbonyl (C=O) groups is 5. The van der Waals surface area contributed by atoms with Crippen LogP contribution in [0.3, 0.4) is 0 Å². The molecule has 2 aliphatic heterocycles. The Balaban J connectivity index is 1.19. The molecule has 0 spiro atoms. The summed E-state index contributed by atoms with van der Waals surface area (Å²) in [5, 5.41) is 0. The second-order valence-corrected chi connectivity index (χ2v) is 15.5. The van der Waals surface area contributed by atoms with Crippen LogP contribution in [0.25, 0.3) is 0 Å². The maximum absolute atomic E-state index is 14.1. The van der Waals surface area contributed by atoms with Crippen molar-refractivity contribution in [2.75, 3.05) is 20.3 Å². The van der Waals surface area contributed by atoms with E-state index in [1.807, 2.05) is 0 Å². The molecule has 0 unspecified atom stereocenters. The summed E-state index contributed by atoms with van der Waals surface area (Å²) < 4.78 is 61.5. The summed E-state index contributed by atoms with van der Waals surface area (Å²) in [6.45, 7) is -0.846. The Morgan fingerprint density at radius 3 is 1.13 bits per heavy atom. The van der Waals surface area contributed by atoms with Crippen molar-refractivity contribution in [3.8, 4) is 5.75 Å². The number of hydrogen-bond donors (Lipinski definition) is 0. The van der Waals surface area contributed by atoms with Crippen molar-refractivity contribution >= 4 is 29.8 Å². The fraction of sp³-hybridized carbons (Fsp3) is 0.226. The van der Waals surface area contributed by atoms with Crippen LogP contribution in [0.1, 0.15) is 57.4 Å². The number of ether oxygens (including phenoxy) is 10. The Morgan fingerprint density at radius 1 is 0.412 bits per heavy atom. The maximum atomic E-state index is 14.1.